The molecule has 0 bridgehead atoms. The molecule has 2 unspecified atom stereocenters. The second-order valence-corrected chi connectivity index (χ2v) is 5.56. The number of likely N-dealkylation sites (tertiary alicyclic amines) is 1. The van der Waals surface area contributed by atoms with E-state index in [-0.39, 0.29) is 5.92 Å². The number of aliphatic carboxylic acids is 1. The van der Waals surface area contributed by atoms with Crippen LogP contribution in [0, 0.1) is 12.8 Å². The fourth-order valence-corrected chi connectivity index (χ4v) is 3.01. The summed E-state index contributed by atoms with van der Waals surface area (Å²) in [4.78, 5) is 13.3. The average molecular weight is 286 g/mol. The minimum atomic E-state index is -0.750. The van der Waals surface area contributed by atoms with Crippen LogP contribution in [0.25, 0.3) is 0 Å². The van der Waals surface area contributed by atoms with E-state index in [9.17, 15) is 9.90 Å². The molecule has 2 atom stereocenters. The summed E-state index contributed by atoms with van der Waals surface area (Å²) >= 11 is 6.28. The fraction of sp³-hybridized carbons (Fsp3) is 0.692. The molecule has 1 fully saturated rings. The first-order valence-electron chi connectivity index (χ1n) is 6.64. The number of carboxylic acid groups (broad SMARTS) is 1. The first kappa shape index (κ1) is 14.3. The van der Waals surface area contributed by atoms with Crippen LogP contribution in [0.3, 0.4) is 0 Å². The Hall–Kier alpha value is -1.07. The van der Waals surface area contributed by atoms with Crippen LogP contribution in [0.5, 0.6) is 0 Å². The highest BCUT2D eigenvalue weighted by molar-refractivity contribution is 6.31. The van der Waals surface area contributed by atoms with E-state index >= 15 is 0 Å². The van der Waals surface area contributed by atoms with E-state index in [1.165, 1.54) is 0 Å². The van der Waals surface area contributed by atoms with Gasteiger partial charge in [0, 0.05) is 13.1 Å². The van der Waals surface area contributed by atoms with Gasteiger partial charge in [0.15, 0.2) is 0 Å². The number of nitrogens with zero attached hydrogens (tertiary/aromatic N) is 3. The summed E-state index contributed by atoms with van der Waals surface area (Å²) in [5.74, 6) is -0.573. The molecule has 0 amide bonds. The molecule has 0 aliphatic carbocycles. The monoisotopic (exact) mass is 285 g/mol. The smallest absolute Gasteiger partial charge is 0.321 e. The predicted molar refractivity (Wildman–Crippen MR) is 73.3 cm³/mol. The fourth-order valence-electron chi connectivity index (χ4n) is 2.82. The van der Waals surface area contributed by atoms with Crippen LogP contribution >= 0.6 is 11.6 Å². The molecule has 0 spiro atoms. The summed E-state index contributed by atoms with van der Waals surface area (Å²) in [6.07, 6.45) is 0.911. The Bertz CT molecular complexity index is 486. The molecule has 1 aromatic heterocycles. The first-order valence-corrected chi connectivity index (χ1v) is 7.02. The number of rotatable bonds is 4. The molecule has 1 aromatic rings. The molecule has 2 rings (SSSR count). The quantitative estimate of drug-likeness (QED) is 0.921. The zero-order valence-electron chi connectivity index (χ0n) is 11.6. The van der Waals surface area contributed by atoms with E-state index in [2.05, 4.69) is 5.10 Å². The topological polar surface area (TPSA) is 58.4 Å². The molecular weight excluding hydrogens is 266 g/mol. The SMILES string of the molecule is CCn1nc(C)c(Cl)c1CN1CCC(C)C1C(=O)O. The summed E-state index contributed by atoms with van der Waals surface area (Å²) in [6.45, 7) is 7.96. The second-order valence-electron chi connectivity index (χ2n) is 5.18. The van der Waals surface area contributed by atoms with E-state index in [1.54, 1.807) is 0 Å². The molecule has 19 heavy (non-hydrogen) atoms. The highest BCUT2D eigenvalue weighted by Crippen LogP contribution is 2.29. The molecule has 6 heteroatoms. The number of carboxylic acids is 1. The number of hydrogen-bond acceptors (Lipinski definition) is 3. The van der Waals surface area contributed by atoms with Gasteiger partial charge in [0.2, 0.25) is 0 Å². The number of aromatic nitrogens is 2. The van der Waals surface area contributed by atoms with Crippen molar-refractivity contribution in [2.45, 2.75) is 46.3 Å². The van der Waals surface area contributed by atoms with Gasteiger partial charge in [-0.1, -0.05) is 18.5 Å². The molecule has 0 aromatic carbocycles. The van der Waals surface area contributed by atoms with Crippen LogP contribution in [-0.2, 0) is 17.9 Å². The Morgan fingerprint density at radius 3 is 2.84 bits per heavy atom. The summed E-state index contributed by atoms with van der Waals surface area (Å²) in [7, 11) is 0. The summed E-state index contributed by atoms with van der Waals surface area (Å²) in [5, 5.41) is 14.4. The van der Waals surface area contributed by atoms with Crippen molar-refractivity contribution in [3.63, 3.8) is 0 Å². The Balaban J connectivity index is 2.24. The van der Waals surface area contributed by atoms with Crippen LogP contribution in [0.4, 0.5) is 0 Å². The normalized spacial score (nSPS) is 24.0. The lowest BCUT2D eigenvalue weighted by molar-refractivity contribution is -0.143. The van der Waals surface area contributed by atoms with Crippen molar-refractivity contribution < 1.29 is 9.90 Å². The maximum absolute atomic E-state index is 11.4. The molecule has 5 nitrogen and oxygen atoms in total. The van der Waals surface area contributed by atoms with E-state index in [4.69, 9.17) is 11.6 Å². The van der Waals surface area contributed by atoms with E-state index < -0.39 is 12.0 Å². The molecule has 1 aliphatic heterocycles. The molecule has 2 heterocycles. The van der Waals surface area contributed by atoms with E-state index in [0.29, 0.717) is 11.6 Å². The zero-order chi connectivity index (χ0) is 14.2. The van der Waals surface area contributed by atoms with E-state index in [1.807, 2.05) is 30.4 Å². The standard InChI is InChI=1S/C13H20ClN3O2/c1-4-17-10(11(14)9(3)15-17)7-16-6-5-8(2)12(16)13(18)19/h8,12H,4-7H2,1-3H3,(H,18,19). The number of carbonyl (C=O) groups is 1. The van der Waals surface area contributed by atoms with Crippen molar-refractivity contribution in [2.75, 3.05) is 6.54 Å². The van der Waals surface area contributed by atoms with Gasteiger partial charge in [-0.2, -0.15) is 5.10 Å². The van der Waals surface area contributed by atoms with Crippen molar-refractivity contribution in [3.8, 4) is 0 Å². The Morgan fingerprint density at radius 1 is 1.58 bits per heavy atom. The first-order chi connectivity index (χ1) is 8.95. The highest BCUT2D eigenvalue weighted by Gasteiger charge is 2.37. The third kappa shape index (κ3) is 2.62. The van der Waals surface area contributed by atoms with Crippen molar-refractivity contribution in [2.24, 2.45) is 5.92 Å². The van der Waals surface area contributed by atoms with Crippen molar-refractivity contribution >= 4 is 17.6 Å². The van der Waals surface area contributed by atoms with Gasteiger partial charge in [-0.15, -0.1) is 0 Å². The molecule has 1 aliphatic rings. The van der Waals surface area contributed by atoms with Crippen LogP contribution in [0.1, 0.15) is 31.7 Å². The van der Waals surface area contributed by atoms with Crippen molar-refractivity contribution in [3.05, 3.63) is 16.4 Å². The minimum absolute atomic E-state index is 0.176. The van der Waals surface area contributed by atoms with Gasteiger partial charge in [-0.25, -0.2) is 0 Å². The third-order valence-corrected chi connectivity index (χ3v) is 4.35. The summed E-state index contributed by atoms with van der Waals surface area (Å²) in [6, 6.07) is -0.420. The maximum Gasteiger partial charge on any atom is 0.321 e. The van der Waals surface area contributed by atoms with Gasteiger partial charge in [0.1, 0.15) is 6.04 Å². The molecule has 1 N–H and O–H groups in total. The summed E-state index contributed by atoms with van der Waals surface area (Å²) < 4.78 is 1.86. The highest BCUT2D eigenvalue weighted by atomic mass is 35.5. The van der Waals surface area contributed by atoms with Gasteiger partial charge in [-0.05, 0) is 32.7 Å². The molecule has 0 saturated carbocycles. The van der Waals surface area contributed by atoms with Gasteiger partial charge in [0.25, 0.3) is 0 Å². The van der Waals surface area contributed by atoms with E-state index in [0.717, 1.165) is 30.9 Å². The van der Waals surface area contributed by atoms with Crippen molar-refractivity contribution in [1.29, 1.82) is 0 Å². The van der Waals surface area contributed by atoms with Gasteiger partial charge in [-0.3, -0.25) is 14.4 Å². The maximum atomic E-state index is 11.4. The Kier molecular flexibility index (Phi) is 4.16. The summed E-state index contributed by atoms with van der Waals surface area (Å²) in [5.41, 5.74) is 1.72. The lowest BCUT2D eigenvalue weighted by Crippen LogP contribution is -2.39. The minimum Gasteiger partial charge on any atom is -0.480 e. The van der Waals surface area contributed by atoms with Crippen LogP contribution in [-0.4, -0.2) is 38.3 Å². The largest absolute Gasteiger partial charge is 0.480 e. The van der Waals surface area contributed by atoms with Crippen LogP contribution in [0.15, 0.2) is 0 Å². The van der Waals surface area contributed by atoms with Gasteiger partial charge < -0.3 is 5.11 Å². The van der Waals surface area contributed by atoms with Gasteiger partial charge in [0.05, 0.1) is 16.4 Å². The molecule has 1 saturated heterocycles. The van der Waals surface area contributed by atoms with Crippen LogP contribution < -0.4 is 0 Å². The number of aryl methyl sites for hydroxylation is 2. The van der Waals surface area contributed by atoms with Crippen molar-refractivity contribution in [1.82, 2.24) is 14.7 Å². The lowest BCUT2D eigenvalue weighted by atomic mass is 10.0. The van der Waals surface area contributed by atoms with Crippen LogP contribution in [0.2, 0.25) is 5.02 Å². The Labute approximate surface area is 118 Å². The molecule has 106 valence electrons. The number of hydrogen-bond donors (Lipinski definition) is 1. The molecular formula is C13H20ClN3O2. The predicted octanol–water partition coefficient (Wildman–Crippen LogP) is 2.16. The zero-order valence-corrected chi connectivity index (χ0v) is 12.3. The average Bonchev–Trinajstić information content (AvgIpc) is 2.84. The lowest BCUT2D eigenvalue weighted by Gasteiger charge is -2.23. The van der Waals surface area contributed by atoms with Gasteiger partial charge >= 0.3 is 5.97 Å². The number of halogens is 1. The third-order valence-electron chi connectivity index (χ3n) is 3.86. The second kappa shape index (κ2) is 5.51. The Morgan fingerprint density at radius 2 is 2.26 bits per heavy atom. The molecule has 0 radical (unpaired) electrons.